The highest BCUT2D eigenvalue weighted by atomic mass is 32.1. The van der Waals surface area contributed by atoms with Crippen molar-refractivity contribution < 1.29 is 4.79 Å². The molecule has 1 heterocycles. The lowest BCUT2D eigenvalue weighted by molar-refractivity contribution is -0.118. The summed E-state index contributed by atoms with van der Waals surface area (Å²) in [5, 5.41) is 12.0. The lowest BCUT2D eigenvalue weighted by Crippen LogP contribution is -2.17. The number of amides is 1. The smallest absolute Gasteiger partial charge is 0.228 e. The molecule has 0 bridgehead atoms. The number of nitrogens with zero attached hydrogens (tertiary/aromatic N) is 2. The average molecular weight is 273 g/mol. The minimum absolute atomic E-state index is 0.0465. The summed E-state index contributed by atoms with van der Waals surface area (Å²) < 4.78 is 0. The van der Waals surface area contributed by atoms with Gasteiger partial charge in [0, 0.05) is 5.92 Å². The molecule has 1 aromatic heterocycles. The Kier molecular flexibility index (Phi) is 4.41. The monoisotopic (exact) mass is 273 g/mol. The Morgan fingerprint density at radius 3 is 2.63 bits per heavy atom. The standard InChI is InChI=1S/C14H15N3OS/c1-10(2)13(18)15-14-17-16-12(19-14)9-8-11-6-4-3-5-7-11/h3-10H,1-2H3,(H,15,17,18). The van der Waals surface area contributed by atoms with E-state index >= 15 is 0 Å². The molecule has 2 rings (SSSR count). The molecule has 0 radical (unpaired) electrons. The van der Waals surface area contributed by atoms with Crippen molar-refractivity contribution in [2.24, 2.45) is 5.92 Å². The van der Waals surface area contributed by atoms with Crippen LogP contribution in [0.3, 0.4) is 0 Å². The summed E-state index contributed by atoms with van der Waals surface area (Å²) in [7, 11) is 0. The van der Waals surface area contributed by atoms with Crippen molar-refractivity contribution in [2.45, 2.75) is 13.8 Å². The van der Waals surface area contributed by atoms with Crippen molar-refractivity contribution >= 4 is 34.5 Å². The number of nitrogens with one attached hydrogen (secondary N) is 1. The van der Waals surface area contributed by atoms with Gasteiger partial charge < -0.3 is 5.32 Å². The van der Waals surface area contributed by atoms with Gasteiger partial charge in [0.05, 0.1) is 0 Å². The summed E-state index contributed by atoms with van der Waals surface area (Å²) in [6.45, 7) is 3.68. The van der Waals surface area contributed by atoms with Gasteiger partial charge >= 0.3 is 0 Å². The SMILES string of the molecule is CC(C)C(=O)Nc1nnc(C=Cc2ccccc2)s1. The molecule has 0 aliphatic heterocycles. The Balaban J connectivity index is 2.02. The van der Waals surface area contributed by atoms with Crippen molar-refractivity contribution in [3.63, 3.8) is 0 Å². The van der Waals surface area contributed by atoms with Crippen molar-refractivity contribution in [2.75, 3.05) is 5.32 Å². The van der Waals surface area contributed by atoms with Gasteiger partial charge in [-0.3, -0.25) is 4.79 Å². The number of anilines is 1. The molecular weight excluding hydrogens is 258 g/mol. The summed E-state index contributed by atoms with van der Waals surface area (Å²) in [6, 6.07) is 9.96. The van der Waals surface area contributed by atoms with Gasteiger partial charge in [-0.2, -0.15) is 0 Å². The minimum Gasteiger partial charge on any atom is -0.300 e. The summed E-state index contributed by atoms with van der Waals surface area (Å²) in [4.78, 5) is 11.5. The first-order chi connectivity index (χ1) is 9.15. The molecule has 1 N–H and O–H groups in total. The van der Waals surface area contributed by atoms with E-state index < -0.39 is 0 Å². The Morgan fingerprint density at radius 1 is 1.21 bits per heavy atom. The van der Waals surface area contributed by atoms with Crippen LogP contribution in [0, 0.1) is 5.92 Å². The third-order valence-corrected chi connectivity index (χ3v) is 3.22. The topological polar surface area (TPSA) is 54.9 Å². The van der Waals surface area contributed by atoms with Crippen molar-refractivity contribution in [3.05, 3.63) is 40.9 Å². The van der Waals surface area contributed by atoms with E-state index in [2.05, 4.69) is 15.5 Å². The maximum absolute atomic E-state index is 11.5. The van der Waals surface area contributed by atoms with E-state index in [4.69, 9.17) is 0 Å². The van der Waals surface area contributed by atoms with Crippen LogP contribution in [0.5, 0.6) is 0 Å². The fraction of sp³-hybridized carbons (Fsp3) is 0.214. The predicted molar refractivity (Wildman–Crippen MR) is 78.7 cm³/mol. The second-order valence-corrected chi connectivity index (χ2v) is 5.34. The molecule has 0 saturated heterocycles. The number of hydrogen-bond donors (Lipinski definition) is 1. The predicted octanol–water partition coefficient (Wildman–Crippen LogP) is 3.30. The molecule has 0 fully saturated rings. The van der Waals surface area contributed by atoms with Crippen LogP contribution in [0.25, 0.3) is 12.2 Å². The normalized spacial score (nSPS) is 11.1. The number of carbonyl (C=O) groups is 1. The molecule has 0 spiro atoms. The highest BCUT2D eigenvalue weighted by Gasteiger charge is 2.09. The van der Waals surface area contributed by atoms with E-state index in [1.54, 1.807) is 0 Å². The summed E-state index contributed by atoms with van der Waals surface area (Å²) in [5.74, 6) is -0.109. The van der Waals surface area contributed by atoms with Crippen LogP contribution in [-0.2, 0) is 4.79 Å². The number of carbonyl (C=O) groups excluding carboxylic acids is 1. The number of hydrogen-bond acceptors (Lipinski definition) is 4. The van der Waals surface area contributed by atoms with Crippen LogP contribution in [0.1, 0.15) is 24.4 Å². The van der Waals surface area contributed by atoms with Gasteiger partial charge in [0.2, 0.25) is 11.0 Å². The average Bonchev–Trinajstić information content (AvgIpc) is 2.85. The van der Waals surface area contributed by atoms with E-state index in [9.17, 15) is 4.79 Å². The van der Waals surface area contributed by atoms with E-state index in [1.165, 1.54) is 11.3 Å². The van der Waals surface area contributed by atoms with Gasteiger partial charge in [-0.1, -0.05) is 61.6 Å². The molecule has 0 unspecified atom stereocenters. The van der Waals surface area contributed by atoms with Crippen LogP contribution in [0.15, 0.2) is 30.3 Å². The first kappa shape index (κ1) is 13.4. The maximum Gasteiger partial charge on any atom is 0.228 e. The fourth-order valence-electron chi connectivity index (χ4n) is 1.33. The molecule has 5 heteroatoms. The van der Waals surface area contributed by atoms with Crippen molar-refractivity contribution in [3.8, 4) is 0 Å². The fourth-order valence-corrected chi connectivity index (χ4v) is 1.98. The molecule has 19 heavy (non-hydrogen) atoms. The van der Waals surface area contributed by atoms with Gasteiger partial charge in [0.15, 0.2) is 0 Å². The number of benzene rings is 1. The highest BCUT2D eigenvalue weighted by molar-refractivity contribution is 7.16. The van der Waals surface area contributed by atoms with Crippen LogP contribution in [-0.4, -0.2) is 16.1 Å². The number of rotatable bonds is 4. The Morgan fingerprint density at radius 2 is 1.95 bits per heavy atom. The zero-order chi connectivity index (χ0) is 13.7. The van der Waals surface area contributed by atoms with E-state index in [0.29, 0.717) is 5.13 Å². The number of aromatic nitrogens is 2. The third kappa shape index (κ3) is 3.99. The van der Waals surface area contributed by atoms with Gasteiger partial charge in [-0.05, 0) is 11.6 Å². The van der Waals surface area contributed by atoms with Gasteiger partial charge in [-0.15, -0.1) is 10.2 Å². The van der Waals surface area contributed by atoms with Crippen LogP contribution < -0.4 is 5.32 Å². The van der Waals surface area contributed by atoms with E-state index in [0.717, 1.165) is 10.6 Å². The minimum atomic E-state index is -0.0628. The van der Waals surface area contributed by atoms with Crippen molar-refractivity contribution in [1.82, 2.24) is 10.2 Å². The molecule has 0 saturated carbocycles. The summed E-state index contributed by atoms with van der Waals surface area (Å²) >= 11 is 1.36. The Hall–Kier alpha value is -2.01. The molecule has 0 aliphatic rings. The van der Waals surface area contributed by atoms with E-state index in [-0.39, 0.29) is 11.8 Å². The lowest BCUT2D eigenvalue weighted by Gasteiger charge is -2.02. The third-order valence-electron chi connectivity index (χ3n) is 2.41. The van der Waals surface area contributed by atoms with E-state index in [1.807, 2.05) is 56.3 Å². The van der Waals surface area contributed by atoms with Crippen LogP contribution in [0.4, 0.5) is 5.13 Å². The zero-order valence-electron chi connectivity index (χ0n) is 10.8. The van der Waals surface area contributed by atoms with Gasteiger partial charge in [0.25, 0.3) is 0 Å². The molecule has 1 amide bonds. The molecule has 0 atom stereocenters. The van der Waals surface area contributed by atoms with Crippen LogP contribution in [0.2, 0.25) is 0 Å². The zero-order valence-corrected chi connectivity index (χ0v) is 11.6. The second kappa shape index (κ2) is 6.24. The molecule has 0 aliphatic carbocycles. The van der Waals surface area contributed by atoms with Crippen molar-refractivity contribution in [1.29, 1.82) is 0 Å². The summed E-state index contributed by atoms with van der Waals surface area (Å²) in [6.07, 6.45) is 3.85. The first-order valence-corrected chi connectivity index (χ1v) is 6.84. The summed E-state index contributed by atoms with van der Waals surface area (Å²) in [5.41, 5.74) is 1.10. The molecule has 98 valence electrons. The second-order valence-electron chi connectivity index (χ2n) is 4.33. The highest BCUT2D eigenvalue weighted by Crippen LogP contribution is 2.18. The molecular formula is C14H15N3OS. The van der Waals surface area contributed by atoms with Crippen LogP contribution >= 0.6 is 11.3 Å². The maximum atomic E-state index is 11.5. The quantitative estimate of drug-likeness (QED) is 0.929. The first-order valence-electron chi connectivity index (χ1n) is 6.02. The largest absolute Gasteiger partial charge is 0.300 e. The molecule has 2 aromatic rings. The van der Waals surface area contributed by atoms with Gasteiger partial charge in [-0.25, -0.2) is 0 Å². The van der Waals surface area contributed by atoms with Gasteiger partial charge in [0.1, 0.15) is 5.01 Å². The lowest BCUT2D eigenvalue weighted by atomic mass is 10.2. The molecule has 4 nitrogen and oxygen atoms in total. The Labute approximate surface area is 116 Å². The Bertz CT molecular complexity index is 575. The molecule has 1 aromatic carbocycles.